The van der Waals surface area contributed by atoms with E-state index >= 15 is 0 Å². The zero-order valence-electron chi connectivity index (χ0n) is 28.2. The van der Waals surface area contributed by atoms with Crippen molar-refractivity contribution in [1.29, 1.82) is 0 Å². The predicted molar refractivity (Wildman–Crippen MR) is 191 cm³/mol. The fourth-order valence-electron chi connectivity index (χ4n) is 8.62. The summed E-state index contributed by atoms with van der Waals surface area (Å²) >= 11 is 0. The summed E-state index contributed by atoms with van der Waals surface area (Å²) in [5, 5.41) is 3.94. The van der Waals surface area contributed by atoms with E-state index in [1.54, 1.807) is 6.08 Å². The lowest BCUT2D eigenvalue weighted by atomic mass is 9.75. The van der Waals surface area contributed by atoms with Crippen molar-refractivity contribution in [2.75, 3.05) is 13.1 Å². The van der Waals surface area contributed by atoms with E-state index in [4.69, 9.17) is 12.8 Å². The van der Waals surface area contributed by atoms with Crippen LogP contribution >= 0.6 is 0 Å². The van der Waals surface area contributed by atoms with Crippen molar-refractivity contribution in [2.24, 2.45) is 34.6 Å². The molecule has 1 heterocycles. The first kappa shape index (κ1) is 32.2. The Morgan fingerprint density at radius 2 is 1.84 bits per heavy atom. The topological polar surface area (TPSA) is 24.4 Å². The molecule has 236 valence electrons. The van der Waals surface area contributed by atoms with Gasteiger partial charge >= 0.3 is 0 Å². The van der Waals surface area contributed by atoms with Crippen LogP contribution in [0.15, 0.2) is 75.5 Å². The lowest BCUT2D eigenvalue weighted by Gasteiger charge is -2.33. The van der Waals surface area contributed by atoms with Crippen LogP contribution in [0.4, 0.5) is 4.39 Å². The second-order valence-corrected chi connectivity index (χ2v) is 14.6. The molecule has 2 fully saturated rings. The number of aryl methyl sites for hydroxylation is 1. The largest absolute Gasteiger partial charge is 0.310 e. The predicted octanol–water partition coefficient (Wildman–Crippen LogP) is 9.81. The van der Waals surface area contributed by atoms with Gasteiger partial charge in [-0.1, -0.05) is 68.3 Å². The van der Waals surface area contributed by atoms with Gasteiger partial charge in [0.1, 0.15) is 13.7 Å². The van der Waals surface area contributed by atoms with Gasteiger partial charge in [-0.3, -0.25) is 4.99 Å². The Balaban J connectivity index is 1.24. The van der Waals surface area contributed by atoms with Crippen LogP contribution in [0, 0.1) is 36.5 Å². The molecule has 0 spiro atoms. The minimum atomic E-state index is -0.0258. The summed E-state index contributed by atoms with van der Waals surface area (Å²) in [6.45, 7) is 19.5. The quantitative estimate of drug-likeness (QED) is 0.209. The van der Waals surface area contributed by atoms with Gasteiger partial charge in [-0.25, -0.2) is 4.39 Å². The van der Waals surface area contributed by atoms with Gasteiger partial charge in [0.2, 0.25) is 0 Å². The molecule has 2 radical (unpaired) electrons. The molecule has 0 saturated heterocycles. The zero-order chi connectivity index (χ0) is 31.8. The first-order valence-electron chi connectivity index (χ1n) is 17.7. The smallest absolute Gasteiger partial charge is 0.114 e. The molecular weight excluding hydrogens is 550 g/mol. The van der Waals surface area contributed by atoms with Crippen LogP contribution in [0.25, 0.3) is 11.6 Å². The minimum Gasteiger partial charge on any atom is -0.310 e. The molecule has 1 N–H and O–H groups in total. The fourth-order valence-corrected chi connectivity index (χ4v) is 8.62. The van der Waals surface area contributed by atoms with Crippen LogP contribution in [0.5, 0.6) is 0 Å². The minimum absolute atomic E-state index is 0.0258. The highest BCUT2D eigenvalue weighted by molar-refractivity contribution is 6.25. The molecule has 4 unspecified atom stereocenters. The number of rotatable bonds is 10. The van der Waals surface area contributed by atoms with Gasteiger partial charge in [0, 0.05) is 43.3 Å². The van der Waals surface area contributed by atoms with Gasteiger partial charge in [-0.2, -0.15) is 0 Å². The van der Waals surface area contributed by atoms with Crippen LogP contribution in [0.1, 0.15) is 101 Å². The van der Waals surface area contributed by atoms with E-state index in [2.05, 4.69) is 70.6 Å². The highest BCUT2D eigenvalue weighted by Gasteiger charge is 2.38. The highest BCUT2D eigenvalue weighted by atomic mass is 19.1. The van der Waals surface area contributed by atoms with Crippen LogP contribution in [-0.2, 0) is 6.42 Å². The number of fused-ring (bicyclic) bond motifs is 2. The van der Waals surface area contributed by atoms with E-state index in [0.29, 0.717) is 42.1 Å². The molecule has 0 aromatic heterocycles. The van der Waals surface area contributed by atoms with Crippen molar-refractivity contribution < 1.29 is 4.39 Å². The highest BCUT2D eigenvalue weighted by Crippen LogP contribution is 2.49. The molecular formula is C41H52BFN2. The SMILES string of the molecule is [B]C1=C(C(C)CC)CC2CN=CC(c3cc(C)c4c(c3)C=C(F)CC4)=C2C=C1CNC1CCC(C(=C)C(CC)C2CC2=C)CC1. The number of halogens is 1. The summed E-state index contributed by atoms with van der Waals surface area (Å²) in [6.07, 6.45) is 16.6. The third-order valence-corrected chi connectivity index (χ3v) is 11.8. The summed E-state index contributed by atoms with van der Waals surface area (Å²) in [7, 11) is 7.08. The van der Waals surface area contributed by atoms with E-state index in [0.717, 1.165) is 54.5 Å². The van der Waals surface area contributed by atoms with Gasteiger partial charge in [0.05, 0.1) is 0 Å². The number of aliphatic imine (C=N–C) groups is 1. The second kappa shape index (κ2) is 13.6. The number of nitrogens with zero attached hydrogens (tertiary/aromatic N) is 1. The Bertz CT molecular complexity index is 1510. The molecule has 4 aliphatic carbocycles. The summed E-state index contributed by atoms with van der Waals surface area (Å²) in [4.78, 5) is 4.87. The van der Waals surface area contributed by atoms with Crippen LogP contribution in [-0.4, -0.2) is 33.2 Å². The van der Waals surface area contributed by atoms with Gasteiger partial charge in [0.25, 0.3) is 0 Å². The molecule has 0 amide bonds. The lowest BCUT2D eigenvalue weighted by Crippen LogP contribution is -2.35. The van der Waals surface area contributed by atoms with Crippen molar-refractivity contribution in [3.8, 4) is 0 Å². The standard InChI is InChI=1S/C41H52BFN2/c1-7-24(3)38-19-31-21-44-23-40(29-15-25(4)36-14-11-33(43)18-30(36)17-29)39(31)20-32(41(38)42)22-45-34-12-9-28(10-13-34)27(6)35(8-2)37-16-26(37)5/h15,17-18,20,23-24,28,31,34-35,37,45H,5-14,16,19,21-22H2,1-4H3. The van der Waals surface area contributed by atoms with E-state index in [9.17, 15) is 4.39 Å². The van der Waals surface area contributed by atoms with Crippen molar-refractivity contribution in [3.63, 3.8) is 0 Å². The number of hydrogen-bond donors (Lipinski definition) is 1. The molecule has 1 aliphatic heterocycles. The summed E-state index contributed by atoms with van der Waals surface area (Å²) in [5.74, 6) is 2.64. The van der Waals surface area contributed by atoms with E-state index in [-0.39, 0.29) is 5.83 Å². The zero-order valence-corrected chi connectivity index (χ0v) is 28.2. The number of allylic oxidation sites excluding steroid dienone is 6. The normalized spacial score (nSPS) is 27.7. The van der Waals surface area contributed by atoms with Crippen molar-refractivity contribution >= 4 is 25.7 Å². The maximum Gasteiger partial charge on any atom is 0.114 e. The molecule has 45 heavy (non-hydrogen) atoms. The Hall–Kier alpha value is -2.72. The summed E-state index contributed by atoms with van der Waals surface area (Å²) < 4.78 is 14.3. The maximum absolute atomic E-state index is 14.3. The summed E-state index contributed by atoms with van der Waals surface area (Å²) in [6, 6.07) is 4.95. The maximum atomic E-state index is 14.3. The van der Waals surface area contributed by atoms with Gasteiger partial charge in [0.15, 0.2) is 0 Å². The van der Waals surface area contributed by atoms with Gasteiger partial charge in [-0.05, 0) is 134 Å². The van der Waals surface area contributed by atoms with Crippen molar-refractivity contribution in [3.05, 3.63) is 92.8 Å². The molecule has 1 aromatic rings. The molecule has 5 aliphatic rings. The lowest BCUT2D eigenvalue weighted by molar-refractivity contribution is 0.303. The first-order chi connectivity index (χ1) is 21.7. The van der Waals surface area contributed by atoms with Gasteiger partial charge in [-0.15, -0.1) is 0 Å². The Kier molecular flexibility index (Phi) is 9.72. The first-order valence-corrected chi connectivity index (χ1v) is 17.7. The molecule has 2 nitrogen and oxygen atoms in total. The van der Waals surface area contributed by atoms with Crippen LogP contribution in [0.3, 0.4) is 0 Å². The third-order valence-electron chi connectivity index (χ3n) is 11.8. The number of dihydropyridines is 1. The van der Waals surface area contributed by atoms with E-state index < -0.39 is 0 Å². The number of benzene rings is 1. The van der Waals surface area contributed by atoms with Crippen LogP contribution in [0.2, 0.25) is 0 Å². The number of nitrogens with one attached hydrogen (secondary N) is 1. The Labute approximate surface area is 273 Å². The Morgan fingerprint density at radius 1 is 1.09 bits per heavy atom. The molecule has 4 atom stereocenters. The average Bonchev–Trinajstić information content (AvgIpc) is 3.79. The molecule has 2 saturated carbocycles. The number of hydrogen-bond acceptors (Lipinski definition) is 2. The van der Waals surface area contributed by atoms with Crippen molar-refractivity contribution in [2.45, 2.75) is 97.9 Å². The Morgan fingerprint density at radius 3 is 2.53 bits per heavy atom. The monoisotopic (exact) mass is 602 g/mol. The fraction of sp³-hybridized carbons (Fsp3) is 0.537. The molecule has 0 bridgehead atoms. The third kappa shape index (κ3) is 6.73. The molecule has 1 aromatic carbocycles. The summed E-state index contributed by atoms with van der Waals surface area (Å²) in [5.41, 5.74) is 13.6. The molecule has 6 rings (SSSR count). The average molecular weight is 603 g/mol. The second-order valence-electron chi connectivity index (χ2n) is 14.6. The van der Waals surface area contributed by atoms with Gasteiger partial charge < -0.3 is 5.32 Å². The van der Waals surface area contributed by atoms with Crippen LogP contribution < -0.4 is 5.32 Å². The van der Waals surface area contributed by atoms with Crippen molar-refractivity contribution in [1.82, 2.24) is 5.32 Å². The van der Waals surface area contributed by atoms with E-state index in [1.165, 1.54) is 77.5 Å². The van der Waals surface area contributed by atoms with E-state index in [1.807, 2.05) is 0 Å². The molecule has 4 heteroatoms.